The van der Waals surface area contributed by atoms with Crippen molar-refractivity contribution >= 4 is 0 Å². The minimum Gasteiger partial charge on any atom is -0.330 e. The van der Waals surface area contributed by atoms with Crippen LogP contribution in [0.25, 0.3) is 0 Å². The molecule has 0 aliphatic rings. The number of hydrogen-bond acceptors (Lipinski definition) is 2. The van der Waals surface area contributed by atoms with Gasteiger partial charge in [-0.25, -0.2) is 0 Å². The fourth-order valence-electron chi connectivity index (χ4n) is 2.44. The second-order valence-corrected chi connectivity index (χ2v) is 6.70. The maximum atomic E-state index is 5.50. The number of nitrogens with two attached hydrogens (primary N) is 1. The Morgan fingerprint density at radius 3 is 1.56 bits per heavy atom. The molecule has 0 heterocycles. The predicted octanol–water partition coefficient (Wildman–Crippen LogP) is 3.40. The fraction of sp³-hybridized carbons (Fsp3) is 1.00. The fourth-order valence-corrected chi connectivity index (χ4v) is 2.44. The lowest BCUT2D eigenvalue weighted by atomic mass is 9.95. The van der Waals surface area contributed by atoms with Crippen molar-refractivity contribution in [3.8, 4) is 0 Å². The zero-order chi connectivity index (χ0) is 12.8. The van der Waals surface area contributed by atoms with E-state index < -0.39 is 0 Å². The van der Waals surface area contributed by atoms with Crippen molar-refractivity contribution in [3.05, 3.63) is 0 Å². The van der Waals surface area contributed by atoms with Crippen molar-refractivity contribution in [1.29, 1.82) is 0 Å². The summed E-state index contributed by atoms with van der Waals surface area (Å²) in [5, 5.41) is 0. The predicted molar refractivity (Wildman–Crippen MR) is 73.7 cm³/mol. The summed E-state index contributed by atoms with van der Waals surface area (Å²) in [4.78, 5) is 2.60. The second kappa shape index (κ2) is 6.61. The Morgan fingerprint density at radius 1 is 0.750 bits per heavy atom. The van der Waals surface area contributed by atoms with Crippen LogP contribution < -0.4 is 5.73 Å². The number of hydrogen-bond donors (Lipinski definition) is 1. The molecular weight excluding hydrogens is 196 g/mol. The topological polar surface area (TPSA) is 29.3 Å². The Morgan fingerprint density at radius 2 is 1.19 bits per heavy atom. The Labute approximate surface area is 103 Å². The van der Waals surface area contributed by atoms with Crippen LogP contribution in [0.4, 0.5) is 0 Å². The van der Waals surface area contributed by atoms with E-state index in [9.17, 15) is 0 Å². The van der Waals surface area contributed by atoms with Gasteiger partial charge in [0.05, 0.1) is 0 Å². The van der Waals surface area contributed by atoms with E-state index in [4.69, 9.17) is 5.73 Å². The average molecular weight is 228 g/mol. The molecule has 0 fully saturated rings. The summed E-state index contributed by atoms with van der Waals surface area (Å²) >= 11 is 0. The van der Waals surface area contributed by atoms with Crippen molar-refractivity contribution < 1.29 is 0 Å². The molecule has 2 heteroatoms. The van der Waals surface area contributed by atoms with E-state index in [-0.39, 0.29) is 11.1 Å². The van der Waals surface area contributed by atoms with Crippen LogP contribution in [0, 0.1) is 0 Å². The van der Waals surface area contributed by atoms with E-state index >= 15 is 0 Å². The first-order valence-corrected chi connectivity index (χ1v) is 6.67. The van der Waals surface area contributed by atoms with Gasteiger partial charge in [-0.05, 0) is 67.5 Å². The van der Waals surface area contributed by atoms with Crippen LogP contribution in [-0.2, 0) is 0 Å². The number of unbranched alkanes of at least 4 members (excludes halogenated alkanes) is 3. The van der Waals surface area contributed by atoms with Crippen LogP contribution in [0.1, 0.15) is 67.2 Å². The van der Waals surface area contributed by atoms with Gasteiger partial charge in [-0.1, -0.05) is 12.8 Å². The Hall–Kier alpha value is -0.0800. The Bertz CT molecular complexity index is 160. The molecule has 0 aromatic carbocycles. The lowest BCUT2D eigenvalue weighted by Gasteiger charge is -2.45. The van der Waals surface area contributed by atoms with E-state index in [0.717, 1.165) is 6.54 Å². The highest BCUT2D eigenvalue weighted by molar-refractivity contribution is 4.86. The third kappa shape index (κ3) is 6.49. The molecule has 0 aromatic heterocycles. The molecule has 16 heavy (non-hydrogen) atoms. The summed E-state index contributed by atoms with van der Waals surface area (Å²) in [5.74, 6) is 0. The highest BCUT2D eigenvalue weighted by Gasteiger charge is 2.30. The van der Waals surface area contributed by atoms with Gasteiger partial charge >= 0.3 is 0 Å². The zero-order valence-corrected chi connectivity index (χ0v) is 12.3. The van der Waals surface area contributed by atoms with Gasteiger partial charge in [-0.2, -0.15) is 0 Å². The first-order chi connectivity index (χ1) is 7.19. The molecule has 0 unspecified atom stereocenters. The summed E-state index contributed by atoms with van der Waals surface area (Å²) in [5.41, 5.74) is 6.01. The molecule has 0 amide bonds. The molecule has 0 atom stereocenters. The largest absolute Gasteiger partial charge is 0.330 e. The first kappa shape index (κ1) is 15.9. The van der Waals surface area contributed by atoms with Crippen LogP contribution in [0.5, 0.6) is 0 Å². The van der Waals surface area contributed by atoms with Crippen LogP contribution in [-0.4, -0.2) is 29.1 Å². The van der Waals surface area contributed by atoms with Crippen molar-refractivity contribution in [2.24, 2.45) is 5.73 Å². The Balaban J connectivity index is 4.06. The van der Waals surface area contributed by atoms with Gasteiger partial charge in [0.15, 0.2) is 0 Å². The number of rotatable bonds is 6. The van der Waals surface area contributed by atoms with Gasteiger partial charge in [-0.3, -0.25) is 4.90 Å². The maximum absolute atomic E-state index is 5.50. The summed E-state index contributed by atoms with van der Waals surface area (Å²) in [7, 11) is 0. The molecule has 98 valence electrons. The van der Waals surface area contributed by atoms with E-state index in [2.05, 4.69) is 46.4 Å². The first-order valence-electron chi connectivity index (χ1n) is 6.67. The summed E-state index contributed by atoms with van der Waals surface area (Å²) in [6, 6.07) is 0. The van der Waals surface area contributed by atoms with Gasteiger partial charge in [-0.15, -0.1) is 0 Å². The van der Waals surface area contributed by atoms with E-state index in [1.807, 2.05) is 0 Å². The van der Waals surface area contributed by atoms with Crippen molar-refractivity contribution in [3.63, 3.8) is 0 Å². The normalized spacial score (nSPS) is 13.5. The van der Waals surface area contributed by atoms with Gasteiger partial charge in [0.2, 0.25) is 0 Å². The summed E-state index contributed by atoms with van der Waals surface area (Å²) in [6.07, 6.45) is 5.04. The molecule has 0 rings (SSSR count). The van der Waals surface area contributed by atoms with Crippen molar-refractivity contribution in [2.45, 2.75) is 78.3 Å². The Kier molecular flexibility index (Phi) is 6.57. The van der Waals surface area contributed by atoms with Crippen molar-refractivity contribution in [2.75, 3.05) is 13.1 Å². The summed E-state index contributed by atoms with van der Waals surface area (Å²) < 4.78 is 0. The molecule has 0 saturated carbocycles. The van der Waals surface area contributed by atoms with Crippen LogP contribution in [0.2, 0.25) is 0 Å². The van der Waals surface area contributed by atoms with Gasteiger partial charge in [0.1, 0.15) is 0 Å². The third-order valence-electron chi connectivity index (χ3n) is 2.96. The zero-order valence-electron chi connectivity index (χ0n) is 12.3. The minimum absolute atomic E-state index is 0.256. The lowest BCUT2D eigenvalue weighted by molar-refractivity contribution is 0.0367. The standard InChI is InChI=1S/C14H32N2/c1-13(2,3)16(14(4,5)6)12-10-8-7-9-11-15/h7-12,15H2,1-6H3. The number of nitrogens with zero attached hydrogens (tertiary/aromatic N) is 1. The van der Waals surface area contributed by atoms with Crippen molar-refractivity contribution in [1.82, 2.24) is 4.90 Å². The van der Waals surface area contributed by atoms with Crippen LogP contribution >= 0.6 is 0 Å². The molecule has 2 N–H and O–H groups in total. The van der Waals surface area contributed by atoms with Crippen LogP contribution in [0.15, 0.2) is 0 Å². The van der Waals surface area contributed by atoms with Gasteiger partial charge in [0.25, 0.3) is 0 Å². The highest BCUT2D eigenvalue weighted by atomic mass is 15.2. The quantitative estimate of drug-likeness (QED) is 0.706. The second-order valence-electron chi connectivity index (χ2n) is 6.70. The van der Waals surface area contributed by atoms with E-state index in [1.165, 1.54) is 32.2 Å². The van der Waals surface area contributed by atoms with E-state index in [1.54, 1.807) is 0 Å². The van der Waals surface area contributed by atoms with E-state index in [0.29, 0.717) is 0 Å². The molecule has 0 aliphatic carbocycles. The maximum Gasteiger partial charge on any atom is 0.0130 e. The molecule has 0 spiro atoms. The highest BCUT2D eigenvalue weighted by Crippen LogP contribution is 2.25. The van der Waals surface area contributed by atoms with Gasteiger partial charge < -0.3 is 5.73 Å². The molecule has 0 saturated heterocycles. The minimum atomic E-state index is 0.256. The monoisotopic (exact) mass is 228 g/mol. The van der Waals surface area contributed by atoms with Crippen LogP contribution in [0.3, 0.4) is 0 Å². The third-order valence-corrected chi connectivity index (χ3v) is 2.96. The molecule has 0 aromatic rings. The lowest BCUT2D eigenvalue weighted by Crippen LogP contribution is -2.52. The van der Waals surface area contributed by atoms with Gasteiger partial charge in [0, 0.05) is 11.1 Å². The summed E-state index contributed by atoms with van der Waals surface area (Å²) in [6.45, 7) is 15.8. The molecule has 0 aliphatic heterocycles. The SMILES string of the molecule is CC(C)(C)N(CCCCCCN)C(C)(C)C. The molecular formula is C14H32N2. The molecule has 0 radical (unpaired) electrons. The molecule has 0 bridgehead atoms. The smallest absolute Gasteiger partial charge is 0.0130 e. The molecule has 2 nitrogen and oxygen atoms in total. The average Bonchev–Trinajstić information content (AvgIpc) is 2.06.